The van der Waals surface area contributed by atoms with Crippen LogP contribution in [-0.4, -0.2) is 17.0 Å². The van der Waals surface area contributed by atoms with Crippen molar-refractivity contribution in [3.63, 3.8) is 0 Å². The molecule has 2 aromatic rings. The van der Waals surface area contributed by atoms with Gasteiger partial charge in [-0.15, -0.1) is 0 Å². The fourth-order valence-electron chi connectivity index (χ4n) is 2.75. The third-order valence-electron chi connectivity index (χ3n) is 4.04. The highest BCUT2D eigenvalue weighted by Gasteiger charge is 2.33. The van der Waals surface area contributed by atoms with Gasteiger partial charge >= 0.3 is 6.18 Å². The van der Waals surface area contributed by atoms with Crippen LogP contribution in [0.25, 0.3) is 0 Å². The minimum atomic E-state index is -4.52. The first-order valence-electron chi connectivity index (χ1n) is 8.04. The third kappa shape index (κ3) is 4.17. The van der Waals surface area contributed by atoms with Gasteiger partial charge in [-0.25, -0.2) is 4.98 Å². The second-order valence-corrected chi connectivity index (χ2v) is 5.88. The highest BCUT2D eigenvalue weighted by atomic mass is 19.4. The fraction of sp³-hybridized carbons (Fsp3) is 0.333. The van der Waals surface area contributed by atoms with Crippen molar-refractivity contribution in [3.8, 4) is 0 Å². The van der Waals surface area contributed by atoms with Crippen LogP contribution in [-0.2, 0) is 11.0 Å². The number of rotatable bonds is 4. The summed E-state index contributed by atoms with van der Waals surface area (Å²) in [5.74, 6) is -0.713. The molecule has 0 radical (unpaired) electrons. The Morgan fingerprint density at radius 2 is 1.80 bits per heavy atom. The zero-order valence-corrected chi connectivity index (χ0v) is 13.4. The van der Waals surface area contributed by atoms with Crippen molar-refractivity contribution >= 4 is 11.7 Å². The summed E-state index contributed by atoms with van der Waals surface area (Å²) >= 11 is 0. The molecule has 7 heteroatoms. The molecule has 0 N–H and O–H groups in total. The van der Waals surface area contributed by atoms with Gasteiger partial charge in [0.15, 0.2) is 5.82 Å². The van der Waals surface area contributed by atoms with Crippen LogP contribution in [0.5, 0.6) is 0 Å². The minimum Gasteiger partial charge on any atom is -0.266 e. The number of anilines is 1. The molecular formula is C18H17F3N2O2. The Bertz CT molecular complexity index is 729. The first kappa shape index (κ1) is 17.4. The number of halogens is 3. The second-order valence-electron chi connectivity index (χ2n) is 5.88. The van der Waals surface area contributed by atoms with Crippen molar-refractivity contribution < 1.29 is 22.8 Å². The molecule has 1 aromatic heterocycles. The molecule has 1 fully saturated rings. The van der Waals surface area contributed by atoms with E-state index >= 15 is 0 Å². The zero-order valence-electron chi connectivity index (χ0n) is 13.4. The molecule has 25 heavy (non-hydrogen) atoms. The molecule has 1 saturated carbocycles. The number of nitrogens with zero attached hydrogens (tertiary/aromatic N) is 2. The van der Waals surface area contributed by atoms with E-state index in [0.29, 0.717) is 5.56 Å². The molecule has 0 unspecified atom stereocenters. The average Bonchev–Trinajstić information content (AvgIpc) is 3.12. The van der Waals surface area contributed by atoms with Crippen LogP contribution >= 0.6 is 0 Å². The molecule has 0 atom stereocenters. The summed E-state index contributed by atoms with van der Waals surface area (Å²) in [4.78, 5) is 22.4. The lowest BCUT2D eigenvalue weighted by molar-refractivity contribution is -0.137. The Hall–Kier alpha value is -2.41. The van der Waals surface area contributed by atoms with Gasteiger partial charge in [-0.1, -0.05) is 31.0 Å². The summed E-state index contributed by atoms with van der Waals surface area (Å²) in [7, 11) is 0. The van der Waals surface area contributed by atoms with Crippen LogP contribution in [0.4, 0.5) is 19.0 Å². The van der Waals surface area contributed by atoms with E-state index in [-0.39, 0.29) is 11.9 Å². The normalized spacial score (nSPS) is 15.3. The number of carbonyl (C=O) groups excluding carboxylic acids is 1. The maximum absolute atomic E-state index is 13.0. The topological polar surface area (TPSA) is 42.4 Å². The number of carbonyl (C=O) groups is 1. The summed E-state index contributed by atoms with van der Waals surface area (Å²) in [6, 6.07) is 9.98. The Balaban J connectivity index is 1.94. The molecule has 0 bridgehead atoms. The number of pyridine rings is 1. The molecule has 0 aliphatic heterocycles. The molecule has 1 heterocycles. The lowest BCUT2D eigenvalue weighted by Gasteiger charge is -2.25. The van der Waals surface area contributed by atoms with E-state index in [1.807, 2.05) is 0 Å². The van der Waals surface area contributed by atoms with Gasteiger partial charge in [0.2, 0.25) is 0 Å². The van der Waals surface area contributed by atoms with Crippen molar-refractivity contribution in [1.82, 2.24) is 4.98 Å². The smallest absolute Gasteiger partial charge is 0.266 e. The van der Waals surface area contributed by atoms with E-state index in [9.17, 15) is 18.0 Å². The number of hydroxylamine groups is 1. The van der Waals surface area contributed by atoms with Crippen molar-refractivity contribution in [2.45, 2.75) is 38.0 Å². The summed E-state index contributed by atoms with van der Waals surface area (Å²) in [6.07, 6.45) is -0.241. The van der Waals surface area contributed by atoms with Gasteiger partial charge in [0.1, 0.15) is 0 Å². The maximum atomic E-state index is 13.0. The van der Waals surface area contributed by atoms with Crippen molar-refractivity contribution in [2.24, 2.45) is 0 Å². The van der Waals surface area contributed by atoms with E-state index in [4.69, 9.17) is 4.84 Å². The average molecular weight is 350 g/mol. The van der Waals surface area contributed by atoms with E-state index < -0.39 is 17.6 Å². The molecule has 1 amide bonds. The van der Waals surface area contributed by atoms with Crippen LogP contribution < -0.4 is 5.06 Å². The van der Waals surface area contributed by atoms with Crippen LogP contribution in [0, 0.1) is 0 Å². The Morgan fingerprint density at radius 3 is 2.44 bits per heavy atom. The van der Waals surface area contributed by atoms with Gasteiger partial charge in [-0.05, 0) is 37.1 Å². The first-order valence-corrected chi connectivity index (χ1v) is 8.04. The van der Waals surface area contributed by atoms with Gasteiger partial charge in [0.05, 0.1) is 11.7 Å². The van der Waals surface area contributed by atoms with Crippen LogP contribution in [0.1, 0.15) is 41.6 Å². The van der Waals surface area contributed by atoms with Gasteiger partial charge in [0, 0.05) is 11.8 Å². The number of amides is 1. The number of alkyl halides is 3. The van der Waals surface area contributed by atoms with Gasteiger partial charge in [-0.3, -0.25) is 9.63 Å². The maximum Gasteiger partial charge on any atom is 0.416 e. The number of benzene rings is 1. The van der Waals surface area contributed by atoms with Crippen molar-refractivity contribution in [2.75, 3.05) is 5.06 Å². The van der Waals surface area contributed by atoms with E-state index in [2.05, 4.69) is 4.98 Å². The number of hydrogen-bond donors (Lipinski definition) is 0. The quantitative estimate of drug-likeness (QED) is 0.756. The highest BCUT2D eigenvalue weighted by molar-refractivity contribution is 6.04. The molecule has 1 aliphatic rings. The fourth-order valence-corrected chi connectivity index (χ4v) is 2.75. The third-order valence-corrected chi connectivity index (χ3v) is 4.04. The van der Waals surface area contributed by atoms with E-state index in [1.165, 1.54) is 0 Å². The molecule has 1 aromatic carbocycles. The molecule has 0 spiro atoms. The molecule has 1 aliphatic carbocycles. The van der Waals surface area contributed by atoms with Crippen LogP contribution in [0.15, 0.2) is 48.7 Å². The lowest BCUT2D eigenvalue weighted by atomic mass is 10.2. The molecule has 3 rings (SSSR count). The SMILES string of the molecule is O=C(c1ccccc1)N(OC1CCCC1)c1cc(C(F)(F)F)ccn1. The molecular weight excluding hydrogens is 333 g/mol. The van der Waals surface area contributed by atoms with Crippen molar-refractivity contribution in [3.05, 3.63) is 59.8 Å². The van der Waals surface area contributed by atoms with E-state index in [0.717, 1.165) is 49.1 Å². The zero-order chi connectivity index (χ0) is 17.9. The number of hydrogen-bond acceptors (Lipinski definition) is 3. The number of aromatic nitrogens is 1. The second kappa shape index (κ2) is 7.23. The first-order chi connectivity index (χ1) is 11.9. The van der Waals surface area contributed by atoms with Crippen molar-refractivity contribution in [1.29, 1.82) is 0 Å². The van der Waals surface area contributed by atoms with E-state index in [1.54, 1.807) is 30.3 Å². The summed E-state index contributed by atoms with van der Waals surface area (Å²) < 4.78 is 39.0. The monoisotopic (exact) mass is 350 g/mol. The molecule has 132 valence electrons. The standard InChI is InChI=1S/C18H17F3N2O2/c19-18(20,21)14-10-11-22-16(12-14)23(25-15-8-4-5-9-15)17(24)13-6-2-1-3-7-13/h1-3,6-7,10-12,15H,4-5,8-9H2. The summed E-state index contributed by atoms with van der Waals surface area (Å²) in [5, 5.41) is 0.889. The molecule has 0 saturated heterocycles. The highest BCUT2D eigenvalue weighted by Crippen LogP contribution is 2.32. The van der Waals surface area contributed by atoms with Crippen LogP contribution in [0.2, 0.25) is 0 Å². The van der Waals surface area contributed by atoms with Crippen LogP contribution in [0.3, 0.4) is 0 Å². The lowest BCUT2D eigenvalue weighted by Crippen LogP contribution is -2.35. The Morgan fingerprint density at radius 1 is 1.12 bits per heavy atom. The Kier molecular flexibility index (Phi) is 5.03. The predicted octanol–water partition coefficient (Wildman–Crippen LogP) is 4.62. The van der Waals surface area contributed by atoms with Gasteiger partial charge in [0.25, 0.3) is 5.91 Å². The van der Waals surface area contributed by atoms with Gasteiger partial charge in [-0.2, -0.15) is 18.2 Å². The Labute approximate surface area is 143 Å². The predicted molar refractivity (Wildman–Crippen MR) is 85.8 cm³/mol. The van der Waals surface area contributed by atoms with Gasteiger partial charge < -0.3 is 0 Å². The largest absolute Gasteiger partial charge is 0.416 e. The minimum absolute atomic E-state index is 0.171. The summed E-state index contributed by atoms with van der Waals surface area (Å²) in [6.45, 7) is 0. The summed E-state index contributed by atoms with van der Waals surface area (Å²) in [5.41, 5.74) is -0.557. The molecule has 4 nitrogen and oxygen atoms in total.